The maximum Gasteiger partial charge on any atom is 0.308 e. The van der Waals surface area contributed by atoms with Gasteiger partial charge in [0, 0.05) is 4.32 Å². The van der Waals surface area contributed by atoms with Gasteiger partial charge >= 0.3 is 5.97 Å². The fourth-order valence-corrected chi connectivity index (χ4v) is 7.65. The van der Waals surface area contributed by atoms with Crippen molar-refractivity contribution >= 4 is 32.8 Å². The Morgan fingerprint density at radius 1 is 1.22 bits per heavy atom. The first-order valence-corrected chi connectivity index (χ1v) is 10.4. The summed E-state index contributed by atoms with van der Waals surface area (Å²) in [4.78, 5) is 25.0. The van der Waals surface area contributed by atoms with Gasteiger partial charge < -0.3 is 4.74 Å². The van der Waals surface area contributed by atoms with Gasteiger partial charge in [-0.15, -0.1) is 5.10 Å². The molecule has 142 valence electrons. The molecule has 2 unspecified atom stereocenters. The van der Waals surface area contributed by atoms with E-state index in [4.69, 9.17) is 4.74 Å². The molecular formula is C20H22BrN3O3. The summed E-state index contributed by atoms with van der Waals surface area (Å²) >= 11 is 3.97. The van der Waals surface area contributed by atoms with Gasteiger partial charge in [-0.2, -0.15) is 4.68 Å². The van der Waals surface area contributed by atoms with Crippen molar-refractivity contribution in [1.82, 2.24) is 15.0 Å². The van der Waals surface area contributed by atoms with Crippen LogP contribution >= 0.6 is 15.9 Å². The number of carbonyl (C=O) groups is 1. The summed E-state index contributed by atoms with van der Waals surface area (Å²) < 4.78 is 6.77. The quantitative estimate of drug-likeness (QED) is 0.547. The van der Waals surface area contributed by atoms with Crippen LogP contribution in [0.15, 0.2) is 29.1 Å². The third-order valence-electron chi connectivity index (χ3n) is 6.61. The summed E-state index contributed by atoms with van der Waals surface area (Å²) in [5.41, 5.74) is 0.314. The molecule has 2 atom stereocenters. The standard InChI is InChI=1S/C20H22BrN3O3/c21-20-8-13-5-14(9-20)7-19(6-13,11-20)10-17(25)27-12-24-18(26)15-3-1-2-4-16(15)22-23-24/h1-4,13-14H,5-12H2. The summed E-state index contributed by atoms with van der Waals surface area (Å²) in [6.45, 7) is -0.183. The van der Waals surface area contributed by atoms with E-state index < -0.39 is 0 Å². The highest BCUT2D eigenvalue weighted by molar-refractivity contribution is 9.10. The number of ether oxygens (including phenoxy) is 1. The Kier molecular flexibility index (Phi) is 3.93. The molecule has 2 aromatic rings. The van der Waals surface area contributed by atoms with Crippen LogP contribution in [0.5, 0.6) is 0 Å². The summed E-state index contributed by atoms with van der Waals surface area (Å²) in [5.74, 6) is 1.22. The second kappa shape index (κ2) is 6.12. The lowest BCUT2D eigenvalue weighted by Crippen LogP contribution is -2.53. The molecule has 0 N–H and O–H groups in total. The lowest BCUT2D eigenvalue weighted by atomic mass is 9.49. The normalized spacial score (nSPS) is 34.1. The molecule has 0 radical (unpaired) electrons. The minimum Gasteiger partial charge on any atom is -0.442 e. The molecule has 4 saturated carbocycles. The van der Waals surface area contributed by atoms with Gasteiger partial charge in [0.15, 0.2) is 6.73 Å². The van der Waals surface area contributed by atoms with E-state index in [1.807, 2.05) is 6.07 Å². The zero-order valence-corrected chi connectivity index (χ0v) is 16.7. The Morgan fingerprint density at radius 3 is 2.70 bits per heavy atom. The molecular weight excluding hydrogens is 410 g/mol. The first kappa shape index (κ1) is 17.3. The number of esters is 1. The molecule has 27 heavy (non-hydrogen) atoms. The lowest BCUT2D eigenvalue weighted by molar-refractivity contribution is -0.155. The summed E-state index contributed by atoms with van der Waals surface area (Å²) in [5, 5.41) is 8.39. The summed E-state index contributed by atoms with van der Waals surface area (Å²) in [6, 6.07) is 7.03. The van der Waals surface area contributed by atoms with Crippen LogP contribution in [-0.4, -0.2) is 25.3 Å². The second-order valence-electron chi connectivity index (χ2n) is 8.85. The summed E-state index contributed by atoms with van der Waals surface area (Å²) in [7, 11) is 0. The van der Waals surface area contributed by atoms with Crippen molar-refractivity contribution in [3.63, 3.8) is 0 Å². The van der Waals surface area contributed by atoms with E-state index in [2.05, 4.69) is 26.2 Å². The average molecular weight is 432 g/mol. The average Bonchev–Trinajstić information content (AvgIpc) is 2.59. The molecule has 4 fully saturated rings. The molecule has 0 amide bonds. The monoisotopic (exact) mass is 431 g/mol. The predicted octanol–water partition coefficient (Wildman–Crippen LogP) is 3.42. The van der Waals surface area contributed by atoms with Gasteiger partial charge in [0.1, 0.15) is 5.52 Å². The van der Waals surface area contributed by atoms with Gasteiger partial charge in [0.2, 0.25) is 0 Å². The Hall–Kier alpha value is -1.76. The highest BCUT2D eigenvalue weighted by Gasteiger charge is 2.57. The van der Waals surface area contributed by atoms with Crippen LogP contribution in [0.4, 0.5) is 0 Å². The molecule has 7 heteroatoms. The summed E-state index contributed by atoms with van der Waals surface area (Å²) in [6.07, 6.45) is 7.53. The third-order valence-corrected chi connectivity index (χ3v) is 7.54. The molecule has 0 saturated heterocycles. The van der Waals surface area contributed by atoms with Gasteiger partial charge in [-0.3, -0.25) is 9.59 Å². The van der Waals surface area contributed by atoms with Crippen LogP contribution in [0, 0.1) is 17.3 Å². The van der Waals surface area contributed by atoms with Crippen LogP contribution in [0.2, 0.25) is 0 Å². The van der Waals surface area contributed by atoms with Crippen molar-refractivity contribution in [1.29, 1.82) is 0 Å². The van der Waals surface area contributed by atoms with Gasteiger partial charge in [0.05, 0.1) is 11.8 Å². The largest absolute Gasteiger partial charge is 0.442 e. The van der Waals surface area contributed by atoms with E-state index >= 15 is 0 Å². The number of hydrogen-bond acceptors (Lipinski definition) is 5. The SMILES string of the molecule is O=C(CC12CC3CC(CC(Br)(C3)C1)C2)OCn1nnc2ccccc2c1=O. The van der Waals surface area contributed by atoms with Gasteiger partial charge in [0.25, 0.3) is 5.56 Å². The molecule has 1 aromatic heterocycles. The van der Waals surface area contributed by atoms with E-state index in [-0.39, 0.29) is 28.0 Å². The molecule has 4 aliphatic rings. The Labute approximate surface area is 165 Å². The predicted molar refractivity (Wildman–Crippen MR) is 103 cm³/mol. The van der Waals surface area contributed by atoms with Gasteiger partial charge in [-0.25, -0.2) is 0 Å². The number of carbonyl (C=O) groups excluding carboxylic acids is 1. The Morgan fingerprint density at radius 2 is 1.96 bits per heavy atom. The van der Waals surface area contributed by atoms with Crippen LogP contribution in [0.3, 0.4) is 0 Å². The van der Waals surface area contributed by atoms with Crippen molar-refractivity contribution in [2.75, 3.05) is 0 Å². The highest BCUT2D eigenvalue weighted by atomic mass is 79.9. The third kappa shape index (κ3) is 3.10. The molecule has 4 aliphatic carbocycles. The molecule has 4 bridgehead atoms. The number of benzene rings is 1. The van der Waals surface area contributed by atoms with E-state index in [0.29, 0.717) is 17.3 Å². The van der Waals surface area contributed by atoms with E-state index in [1.165, 1.54) is 19.3 Å². The number of aromatic nitrogens is 3. The zero-order chi connectivity index (χ0) is 18.6. The second-order valence-corrected chi connectivity index (χ2v) is 10.5. The molecule has 0 aliphatic heterocycles. The van der Waals surface area contributed by atoms with Crippen LogP contribution in [0.25, 0.3) is 10.9 Å². The number of rotatable bonds is 4. The fourth-order valence-electron chi connectivity index (χ4n) is 6.14. The lowest BCUT2D eigenvalue weighted by Gasteiger charge is -2.60. The zero-order valence-electron chi connectivity index (χ0n) is 15.1. The van der Waals surface area contributed by atoms with Crippen molar-refractivity contribution in [2.24, 2.45) is 17.3 Å². The minimum atomic E-state index is -0.289. The van der Waals surface area contributed by atoms with E-state index in [1.54, 1.807) is 18.2 Å². The number of alkyl halides is 1. The Bertz CT molecular complexity index is 958. The number of nitrogens with zero attached hydrogens (tertiary/aromatic N) is 3. The maximum absolute atomic E-state index is 12.6. The van der Waals surface area contributed by atoms with Crippen molar-refractivity contribution < 1.29 is 9.53 Å². The fraction of sp³-hybridized carbons (Fsp3) is 0.600. The van der Waals surface area contributed by atoms with Crippen LogP contribution in [0.1, 0.15) is 44.9 Å². The van der Waals surface area contributed by atoms with Crippen molar-refractivity contribution in [3.05, 3.63) is 34.6 Å². The van der Waals surface area contributed by atoms with Crippen molar-refractivity contribution in [2.45, 2.75) is 56.0 Å². The molecule has 0 spiro atoms. The number of hydrogen-bond donors (Lipinski definition) is 0. The van der Waals surface area contributed by atoms with Gasteiger partial charge in [-0.05, 0) is 67.9 Å². The molecule has 6 rings (SSSR count). The Balaban J connectivity index is 1.28. The first-order valence-electron chi connectivity index (χ1n) is 9.61. The smallest absolute Gasteiger partial charge is 0.308 e. The first-order chi connectivity index (χ1) is 12.9. The molecule has 1 heterocycles. The van der Waals surface area contributed by atoms with Crippen LogP contribution < -0.4 is 5.56 Å². The minimum absolute atomic E-state index is 0.0602. The van der Waals surface area contributed by atoms with E-state index in [0.717, 1.165) is 35.8 Å². The highest BCUT2D eigenvalue weighted by Crippen LogP contribution is 2.65. The van der Waals surface area contributed by atoms with Crippen LogP contribution in [-0.2, 0) is 16.3 Å². The number of fused-ring (bicyclic) bond motifs is 1. The molecule has 1 aromatic carbocycles. The van der Waals surface area contributed by atoms with Crippen molar-refractivity contribution in [3.8, 4) is 0 Å². The number of halogens is 1. The topological polar surface area (TPSA) is 74.1 Å². The van der Waals surface area contributed by atoms with E-state index in [9.17, 15) is 9.59 Å². The van der Waals surface area contributed by atoms with Gasteiger partial charge in [-0.1, -0.05) is 33.3 Å². The molecule has 6 nitrogen and oxygen atoms in total. The maximum atomic E-state index is 12.6.